The lowest BCUT2D eigenvalue weighted by Crippen LogP contribution is -2.14. The number of nitrogens with two attached hydrogens (primary N) is 1. The molecule has 1 aromatic heterocycles. The van der Waals surface area contributed by atoms with Crippen LogP contribution in [0.15, 0.2) is 47.5 Å². The molecule has 1 aromatic carbocycles. The molecule has 3 heteroatoms. The third-order valence-corrected chi connectivity index (χ3v) is 3.75. The molecule has 0 saturated heterocycles. The van der Waals surface area contributed by atoms with E-state index in [1.54, 1.807) is 11.3 Å². The molecule has 1 unspecified atom stereocenters. The Bertz CT molecular complexity index is 514. The highest BCUT2D eigenvalue weighted by atomic mass is 32.1. The number of aryl methyl sites for hydroxylation is 1. The van der Waals surface area contributed by atoms with Crippen LogP contribution in [-0.2, 0) is 0 Å². The molecule has 2 nitrogen and oxygen atoms in total. The Balaban J connectivity index is 2.19. The van der Waals surface area contributed by atoms with E-state index in [1.165, 1.54) is 9.75 Å². The lowest BCUT2D eigenvalue weighted by atomic mass is 10.2. The standard InChI is InChI=1S/C14H16N2S/c1-10-8-9-13(17-10)11(2)16-14(15)12-6-4-3-5-7-12/h3-9,11H,1-2H3,(H2,15,16). The molecule has 0 radical (unpaired) electrons. The zero-order valence-electron chi connectivity index (χ0n) is 10.1. The molecule has 88 valence electrons. The van der Waals surface area contributed by atoms with Crippen molar-refractivity contribution in [1.29, 1.82) is 0 Å². The van der Waals surface area contributed by atoms with Crippen molar-refractivity contribution >= 4 is 17.2 Å². The second-order valence-corrected chi connectivity index (χ2v) is 5.32. The number of hydrogen-bond donors (Lipinski definition) is 1. The molecular formula is C14H16N2S. The van der Waals surface area contributed by atoms with Gasteiger partial charge in [-0.3, -0.25) is 4.99 Å². The molecule has 1 heterocycles. The summed E-state index contributed by atoms with van der Waals surface area (Å²) in [7, 11) is 0. The highest BCUT2D eigenvalue weighted by Gasteiger charge is 2.07. The molecule has 0 saturated carbocycles. The fourth-order valence-electron chi connectivity index (χ4n) is 1.63. The lowest BCUT2D eigenvalue weighted by molar-refractivity contribution is 0.838. The molecule has 0 bridgehead atoms. The summed E-state index contributed by atoms with van der Waals surface area (Å²) in [4.78, 5) is 7.09. The average Bonchev–Trinajstić information content (AvgIpc) is 2.77. The Labute approximate surface area is 106 Å². The van der Waals surface area contributed by atoms with E-state index in [9.17, 15) is 0 Å². The van der Waals surface area contributed by atoms with Gasteiger partial charge in [-0.15, -0.1) is 11.3 Å². The first-order valence-electron chi connectivity index (χ1n) is 5.62. The van der Waals surface area contributed by atoms with E-state index in [-0.39, 0.29) is 6.04 Å². The predicted molar refractivity (Wildman–Crippen MR) is 74.6 cm³/mol. The number of thiophene rings is 1. The molecule has 2 N–H and O–H groups in total. The van der Waals surface area contributed by atoms with Crippen molar-refractivity contribution < 1.29 is 0 Å². The molecule has 0 amide bonds. The number of nitrogens with zero attached hydrogens (tertiary/aromatic N) is 1. The summed E-state index contributed by atoms with van der Waals surface area (Å²) in [5.74, 6) is 0.601. The fourth-order valence-corrected chi connectivity index (χ4v) is 2.50. The first kappa shape index (κ1) is 11.9. The van der Waals surface area contributed by atoms with Crippen molar-refractivity contribution in [2.45, 2.75) is 19.9 Å². The highest BCUT2D eigenvalue weighted by molar-refractivity contribution is 7.12. The Kier molecular flexibility index (Phi) is 3.59. The van der Waals surface area contributed by atoms with Gasteiger partial charge in [-0.2, -0.15) is 0 Å². The number of benzene rings is 1. The summed E-state index contributed by atoms with van der Waals surface area (Å²) in [5, 5.41) is 0. The smallest absolute Gasteiger partial charge is 0.126 e. The quantitative estimate of drug-likeness (QED) is 0.651. The van der Waals surface area contributed by atoms with Gasteiger partial charge in [0.05, 0.1) is 6.04 Å². The average molecular weight is 244 g/mol. The van der Waals surface area contributed by atoms with Gasteiger partial charge in [-0.1, -0.05) is 30.3 Å². The molecule has 0 spiro atoms. The number of aliphatic imine (C=N–C) groups is 1. The van der Waals surface area contributed by atoms with Crippen molar-refractivity contribution in [2.75, 3.05) is 0 Å². The third kappa shape index (κ3) is 2.94. The van der Waals surface area contributed by atoms with Gasteiger partial charge in [-0.05, 0) is 26.0 Å². The Morgan fingerprint density at radius 1 is 1.18 bits per heavy atom. The van der Waals surface area contributed by atoms with Crippen molar-refractivity contribution in [3.8, 4) is 0 Å². The SMILES string of the molecule is Cc1ccc(C(C)N=C(N)c2ccccc2)s1. The molecule has 0 aliphatic carbocycles. The van der Waals surface area contributed by atoms with Gasteiger partial charge in [-0.25, -0.2) is 0 Å². The van der Waals surface area contributed by atoms with E-state index >= 15 is 0 Å². The van der Waals surface area contributed by atoms with Gasteiger partial charge in [0.1, 0.15) is 5.84 Å². The summed E-state index contributed by atoms with van der Waals surface area (Å²) in [6.45, 7) is 4.17. The largest absolute Gasteiger partial charge is 0.383 e. The Morgan fingerprint density at radius 3 is 2.47 bits per heavy atom. The maximum absolute atomic E-state index is 5.99. The molecule has 0 aliphatic rings. The van der Waals surface area contributed by atoms with Crippen molar-refractivity contribution in [3.63, 3.8) is 0 Å². The second-order valence-electron chi connectivity index (χ2n) is 4.00. The van der Waals surface area contributed by atoms with Crippen molar-refractivity contribution in [1.82, 2.24) is 0 Å². The molecule has 1 atom stereocenters. The summed E-state index contributed by atoms with van der Waals surface area (Å²) in [5.41, 5.74) is 6.97. The monoisotopic (exact) mass is 244 g/mol. The minimum Gasteiger partial charge on any atom is -0.383 e. The van der Waals surface area contributed by atoms with Crippen LogP contribution >= 0.6 is 11.3 Å². The maximum atomic E-state index is 5.99. The minimum atomic E-state index is 0.119. The van der Waals surface area contributed by atoms with Gasteiger partial charge in [0.25, 0.3) is 0 Å². The van der Waals surface area contributed by atoms with E-state index in [0.717, 1.165) is 5.56 Å². The summed E-state index contributed by atoms with van der Waals surface area (Å²) < 4.78 is 0. The zero-order chi connectivity index (χ0) is 12.3. The minimum absolute atomic E-state index is 0.119. The zero-order valence-corrected chi connectivity index (χ0v) is 10.9. The number of amidine groups is 1. The van der Waals surface area contributed by atoms with Crippen LogP contribution in [0.25, 0.3) is 0 Å². The third-order valence-electron chi connectivity index (χ3n) is 2.58. The maximum Gasteiger partial charge on any atom is 0.126 e. The molecule has 2 rings (SSSR count). The Morgan fingerprint density at radius 2 is 1.88 bits per heavy atom. The van der Waals surface area contributed by atoms with Gasteiger partial charge in [0.15, 0.2) is 0 Å². The van der Waals surface area contributed by atoms with E-state index in [1.807, 2.05) is 30.3 Å². The molecule has 17 heavy (non-hydrogen) atoms. The van der Waals surface area contributed by atoms with Crippen LogP contribution in [0.1, 0.15) is 28.3 Å². The van der Waals surface area contributed by atoms with Crippen LogP contribution < -0.4 is 5.73 Å². The van der Waals surface area contributed by atoms with Crippen LogP contribution in [-0.4, -0.2) is 5.84 Å². The first-order chi connectivity index (χ1) is 8.16. The van der Waals surface area contributed by atoms with E-state index < -0.39 is 0 Å². The van der Waals surface area contributed by atoms with Crippen molar-refractivity contribution in [3.05, 3.63) is 57.8 Å². The normalized spacial score (nSPS) is 13.6. The van der Waals surface area contributed by atoms with E-state index in [0.29, 0.717) is 5.84 Å². The van der Waals surface area contributed by atoms with Gasteiger partial charge < -0.3 is 5.73 Å². The van der Waals surface area contributed by atoms with Crippen LogP contribution in [0.2, 0.25) is 0 Å². The summed E-state index contributed by atoms with van der Waals surface area (Å²) in [6, 6.07) is 14.2. The summed E-state index contributed by atoms with van der Waals surface area (Å²) >= 11 is 1.77. The van der Waals surface area contributed by atoms with Gasteiger partial charge >= 0.3 is 0 Å². The van der Waals surface area contributed by atoms with Gasteiger partial charge in [0.2, 0.25) is 0 Å². The Hall–Kier alpha value is -1.61. The van der Waals surface area contributed by atoms with Crippen LogP contribution in [0.5, 0.6) is 0 Å². The fraction of sp³-hybridized carbons (Fsp3) is 0.214. The number of hydrogen-bond acceptors (Lipinski definition) is 2. The highest BCUT2D eigenvalue weighted by Crippen LogP contribution is 2.25. The lowest BCUT2D eigenvalue weighted by Gasteiger charge is -2.06. The van der Waals surface area contributed by atoms with Crippen molar-refractivity contribution in [2.24, 2.45) is 10.7 Å². The number of rotatable bonds is 3. The van der Waals surface area contributed by atoms with Crippen LogP contribution in [0.4, 0.5) is 0 Å². The molecule has 0 aliphatic heterocycles. The first-order valence-corrected chi connectivity index (χ1v) is 6.43. The molecule has 2 aromatic rings. The molecular weight excluding hydrogens is 228 g/mol. The second kappa shape index (κ2) is 5.15. The summed E-state index contributed by atoms with van der Waals surface area (Å²) in [6.07, 6.45) is 0. The van der Waals surface area contributed by atoms with E-state index in [4.69, 9.17) is 5.73 Å². The topological polar surface area (TPSA) is 38.4 Å². The predicted octanol–water partition coefficient (Wildman–Crippen LogP) is 3.52. The molecule has 0 fully saturated rings. The van der Waals surface area contributed by atoms with Gasteiger partial charge in [0, 0.05) is 15.3 Å². The van der Waals surface area contributed by atoms with Crippen LogP contribution in [0.3, 0.4) is 0 Å². The van der Waals surface area contributed by atoms with E-state index in [2.05, 4.69) is 31.0 Å². The van der Waals surface area contributed by atoms with Crippen LogP contribution in [0, 0.1) is 6.92 Å².